The Morgan fingerprint density at radius 2 is 1.60 bits per heavy atom. The summed E-state index contributed by atoms with van der Waals surface area (Å²) in [5.74, 6) is -0.951. The monoisotopic (exact) mass is 414 g/mol. The van der Waals surface area contributed by atoms with Crippen molar-refractivity contribution in [3.05, 3.63) is 77.9 Å². The molecule has 0 spiro atoms. The topological polar surface area (TPSA) is 49.4 Å². The van der Waals surface area contributed by atoms with E-state index in [9.17, 15) is 22.8 Å². The maximum atomic E-state index is 13.1. The lowest BCUT2D eigenvalue weighted by Gasteiger charge is -2.21. The Balaban J connectivity index is 1.67. The minimum Gasteiger partial charge on any atom is -0.333 e. The van der Waals surface area contributed by atoms with Crippen LogP contribution in [0, 0.1) is 0 Å². The Bertz CT molecular complexity index is 1060. The molecule has 3 rings (SSSR count). The molecular formula is C23H21F3N2O2. The Labute approximate surface area is 172 Å². The molecule has 0 aliphatic heterocycles. The summed E-state index contributed by atoms with van der Waals surface area (Å²) in [6, 6.07) is 18.2. The number of fused-ring (bicyclic) bond motifs is 1. The zero-order chi connectivity index (χ0) is 21.7. The van der Waals surface area contributed by atoms with Crippen molar-refractivity contribution in [2.75, 3.05) is 18.4 Å². The quantitative estimate of drug-likeness (QED) is 0.625. The molecule has 1 N–H and O–H groups in total. The molecule has 3 aromatic rings. The zero-order valence-electron chi connectivity index (χ0n) is 16.4. The number of benzene rings is 3. The molecule has 0 aliphatic rings. The van der Waals surface area contributed by atoms with Gasteiger partial charge in [-0.05, 0) is 35.4 Å². The Kier molecular flexibility index (Phi) is 6.40. The molecule has 0 radical (unpaired) electrons. The van der Waals surface area contributed by atoms with E-state index >= 15 is 0 Å². The van der Waals surface area contributed by atoms with Gasteiger partial charge in [-0.25, -0.2) is 0 Å². The van der Waals surface area contributed by atoms with Crippen molar-refractivity contribution < 1.29 is 22.8 Å². The van der Waals surface area contributed by atoms with Crippen LogP contribution in [-0.4, -0.2) is 29.8 Å². The molecule has 0 bridgehead atoms. The summed E-state index contributed by atoms with van der Waals surface area (Å²) < 4.78 is 39.3. The van der Waals surface area contributed by atoms with Crippen molar-refractivity contribution in [3.63, 3.8) is 0 Å². The number of anilines is 1. The van der Waals surface area contributed by atoms with Crippen LogP contribution in [0.25, 0.3) is 10.8 Å². The molecule has 0 fully saturated rings. The fourth-order valence-electron chi connectivity index (χ4n) is 3.21. The predicted octanol–water partition coefficient (Wildman–Crippen LogP) is 4.89. The molecule has 4 nitrogen and oxygen atoms in total. The van der Waals surface area contributed by atoms with Gasteiger partial charge in [0.05, 0.1) is 24.2 Å². The molecule has 7 heteroatoms. The van der Waals surface area contributed by atoms with Crippen LogP contribution >= 0.6 is 0 Å². The minimum absolute atomic E-state index is 0.102. The predicted molar refractivity (Wildman–Crippen MR) is 110 cm³/mol. The van der Waals surface area contributed by atoms with Crippen LogP contribution in [0.3, 0.4) is 0 Å². The van der Waals surface area contributed by atoms with E-state index < -0.39 is 17.6 Å². The van der Waals surface area contributed by atoms with Gasteiger partial charge in [0.15, 0.2) is 0 Å². The first-order valence-corrected chi connectivity index (χ1v) is 9.49. The normalized spacial score (nSPS) is 11.3. The van der Waals surface area contributed by atoms with Gasteiger partial charge in [-0.3, -0.25) is 9.59 Å². The number of likely N-dealkylation sites (N-methyl/N-ethyl adjacent to an activating group) is 1. The molecule has 156 valence electrons. The Morgan fingerprint density at radius 1 is 0.933 bits per heavy atom. The Hall–Kier alpha value is -3.35. The van der Waals surface area contributed by atoms with Crippen molar-refractivity contribution in [1.29, 1.82) is 0 Å². The fourth-order valence-corrected chi connectivity index (χ4v) is 3.21. The highest BCUT2D eigenvalue weighted by molar-refractivity contribution is 5.95. The van der Waals surface area contributed by atoms with Crippen molar-refractivity contribution in [2.45, 2.75) is 19.5 Å². The number of para-hydroxylation sites is 1. The van der Waals surface area contributed by atoms with Gasteiger partial charge >= 0.3 is 6.18 Å². The summed E-state index contributed by atoms with van der Waals surface area (Å²) in [4.78, 5) is 26.3. The third kappa shape index (κ3) is 5.17. The van der Waals surface area contributed by atoms with Crippen molar-refractivity contribution >= 4 is 28.3 Å². The van der Waals surface area contributed by atoms with Crippen LogP contribution in [-0.2, 0) is 22.2 Å². The van der Waals surface area contributed by atoms with Gasteiger partial charge in [0, 0.05) is 6.54 Å². The van der Waals surface area contributed by atoms with E-state index in [0.29, 0.717) is 0 Å². The molecule has 3 aromatic carbocycles. The smallest absolute Gasteiger partial charge is 0.333 e. The first kappa shape index (κ1) is 21.4. The largest absolute Gasteiger partial charge is 0.418 e. The van der Waals surface area contributed by atoms with Crippen LogP contribution in [0.2, 0.25) is 0 Å². The SMILES string of the molecule is CCN(CC(=O)Nc1ccccc1C(F)(F)F)C(=O)Cc1ccc2ccccc2c1. The van der Waals surface area contributed by atoms with E-state index in [0.717, 1.165) is 22.4 Å². The molecule has 0 saturated carbocycles. The summed E-state index contributed by atoms with van der Waals surface area (Å²) in [5.41, 5.74) is -0.447. The molecule has 0 saturated heterocycles. The van der Waals surface area contributed by atoms with Crippen LogP contribution in [0.1, 0.15) is 18.1 Å². The standard InChI is InChI=1S/C23H21F3N2O2/c1-2-28(15-21(29)27-20-10-6-5-9-19(20)23(24,25)26)22(30)14-16-11-12-17-7-3-4-8-18(17)13-16/h3-13H,2,14-15H2,1H3,(H,27,29). The summed E-state index contributed by atoms with van der Waals surface area (Å²) in [6.45, 7) is 1.66. The number of hydrogen-bond donors (Lipinski definition) is 1. The number of carbonyl (C=O) groups excluding carboxylic acids is 2. The van der Waals surface area contributed by atoms with E-state index in [-0.39, 0.29) is 31.1 Å². The highest BCUT2D eigenvalue weighted by Gasteiger charge is 2.33. The van der Waals surface area contributed by atoms with E-state index in [1.165, 1.54) is 23.1 Å². The van der Waals surface area contributed by atoms with Gasteiger partial charge in [-0.2, -0.15) is 13.2 Å². The molecule has 2 amide bonds. The number of rotatable bonds is 6. The maximum absolute atomic E-state index is 13.1. The van der Waals surface area contributed by atoms with Gasteiger partial charge < -0.3 is 10.2 Å². The van der Waals surface area contributed by atoms with Crippen molar-refractivity contribution in [3.8, 4) is 0 Å². The molecule has 0 atom stereocenters. The molecule has 30 heavy (non-hydrogen) atoms. The van der Waals surface area contributed by atoms with Gasteiger partial charge in [-0.15, -0.1) is 0 Å². The second-order valence-corrected chi connectivity index (χ2v) is 6.86. The molecule has 0 aromatic heterocycles. The maximum Gasteiger partial charge on any atom is 0.418 e. The summed E-state index contributed by atoms with van der Waals surface area (Å²) in [5, 5.41) is 4.34. The molecule has 0 aliphatic carbocycles. The Morgan fingerprint density at radius 3 is 2.30 bits per heavy atom. The van der Waals surface area contributed by atoms with Gasteiger partial charge in [0.2, 0.25) is 11.8 Å². The number of amides is 2. The highest BCUT2D eigenvalue weighted by atomic mass is 19.4. The number of alkyl halides is 3. The summed E-state index contributed by atoms with van der Waals surface area (Å²) in [6.07, 6.45) is -4.48. The number of nitrogens with one attached hydrogen (secondary N) is 1. The van der Waals surface area contributed by atoms with E-state index in [1.54, 1.807) is 6.92 Å². The third-order valence-corrected chi connectivity index (χ3v) is 4.74. The van der Waals surface area contributed by atoms with Crippen LogP contribution in [0.5, 0.6) is 0 Å². The van der Waals surface area contributed by atoms with E-state index in [1.807, 2.05) is 42.5 Å². The lowest BCUT2D eigenvalue weighted by atomic mass is 10.0. The average molecular weight is 414 g/mol. The number of nitrogens with zero attached hydrogens (tertiary/aromatic N) is 1. The average Bonchev–Trinajstić information content (AvgIpc) is 2.71. The molecular weight excluding hydrogens is 393 g/mol. The lowest BCUT2D eigenvalue weighted by molar-refractivity contribution is -0.137. The first-order valence-electron chi connectivity index (χ1n) is 9.49. The van der Waals surface area contributed by atoms with Gasteiger partial charge in [-0.1, -0.05) is 54.6 Å². The zero-order valence-corrected chi connectivity index (χ0v) is 16.4. The van der Waals surface area contributed by atoms with E-state index in [2.05, 4.69) is 5.32 Å². The summed E-state index contributed by atoms with van der Waals surface area (Å²) in [7, 11) is 0. The summed E-state index contributed by atoms with van der Waals surface area (Å²) >= 11 is 0. The van der Waals surface area contributed by atoms with Crippen LogP contribution < -0.4 is 5.32 Å². The first-order chi connectivity index (χ1) is 14.3. The highest BCUT2D eigenvalue weighted by Crippen LogP contribution is 2.34. The molecule has 0 unspecified atom stereocenters. The van der Waals surface area contributed by atoms with Gasteiger partial charge in [0.25, 0.3) is 0 Å². The second kappa shape index (κ2) is 8.98. The number of carbonyl (C=O) groups is 2. The van der Waals surface area contributed by atoms with Crippen molar-refractivity contribution in [1.82, 2.24) is 4.90 Å². The third-order valence-electron chi connectivity index (χ3n) is 4.74. The number of halogens is 3. The van der Waals surface area contributed by atoms with Crippen LogP contribution in [0.4, 0.5) is 18.9 Å². The molecule has 0 heterocycles. The van der Waals surface area contributed by atoms with Crippen molar-refractivity contribution in [2.24, 2.45) is 0 Å². The van der Waals surface area contributed by atoms with Crippen LogP contribution in [0.15, 0.2) is 66.7 Å². The van der Waals surface area contributed by atoms with E-state index in [4.69, 9.17) is 0 Å². The second-order valence-electron chi connectivity index (χ2n) is 6.86. The fraction of sp³-hybridized carbons (Fsp3) is 0.217. The lowest BCUT2D eigenvalue weighted by Crippen LogP contribution is -2.38. The minimum atomic E-state index is -4.58. The number of hydrogen-bond acceptors (Lipinski definition) is 2. The van der Waals surface area contributed by atoms with Gasteiger partial charge in [0.1, 0.15) is 0 Å².